The fraction of sp³-hybridized carbons (Fsp3) is 0.438. The fourth-order valence-electron chi connectivity index (χ4n) is 3.06. The van der Waals surface area contributed by atoms with Crippen LogP contribution in [0, 0.1) is 5.92 Å². The molecule has 0 unspecified atom stereocenters. The van der Waals surface area contributed by atoms with E-state index in [4.69, 9.17) is 11.6 Å². The molecule has 2 heterocycles. The quantitative estimate of drug-likeness (QED) is 0.580. The summed E-state index contributed by atoms with van der Waals surface area (Å²) in [5.41, 5.74) is 1.68. The molecule has 0 aromatic carbocycles. The SMILES string of the molecule is C=CC(=O)NC1CCC(CNc2nc(Cl)nc3cc[nH]c23)CC1. The minimum Gasteiger partial charge on any atom is -0.368 e. The van der Waals surface area contributed by atoms with E-state index in [9.17, 15) is 4.79 Å². The Labute approximate surface area is 139 Å². The molecule has 7 heteroatoms. The minimum absolute atomic E-state index is 0.0867. The number of fused-ring (bicyclic) bond motifs is 1. The van der Waals surface area contributed by atoms with Crippen LogP contribution in [-0.2, 0) is 4.79 Å². The number of carbonyl (C=O) groups is 1. The largest absolute Gasteiger partial charge is 0.368 e. The molecule has 1 aliphatic rings. The number of anilines is 1. The van der Waals surface area contributed by atoms with E-state index in [0.29, 0.717) is 5.92 Å². The molecule has 3 rings (SSSR count). The van der Waals surface area contributed by atoms with Gasteiger partial charge >= 0.3 is 0 Å². The molecule has 0 atom stereocenters. The van der Waals surface area contributed by atoms with Gasteiger partial charge in [-0.2, -0.15) is 4.98 Å². The van der Waals surface area contributed by atoms with E-state index in [2.05, 4.69) is 32.2 Å². The molecule has 0 radical (unpaired) electrons. The van der Waals surface area contributed by atoms with Crippen LogP contribution in [0.25, 0.3) is 11.0 Å². The molecule has 2 aromatic heterocycles. The van der Waals surface area contributed by atoms with Gasteiger partial charge in [-0.1, -0.05) is 6.58 Å². The second-order valence-corrected chi connectivity index (χ2v) is 6.23. The minimum atomic E-state index is -0.0867. The van der Waals surface area contributed by atoms with E-state index in [1.807, 2.05) is 12.3 Å². The van der Waals surface area contributed by atoms with Crippen molar-refractivity contribution in [3.8, 4) is 0 Å². The van der Waals surface area contributed by atoms with Gasteiger partial charge in [0, 0.05) is 18.8 Å². The standard InChI is InChI=1S/C16H20ClN5O/c1-2-13(23)20-11-5-3-10(4-6-11)9-19-15-14-12(7-8-18-14)21-16(17)22-15/h2,7-8,10-11,18H,1,3-6,9H2,(H,20,23)(H,19,21,22). The third-order valence-electron chi connectivity index (χ3n) is 4.32. The number of hydrogen-bond donors (Lipinski definition) is 3. The molecule has 1 aliphatic carbocycles. The molecule has 0 bridgehead atoms. The van der Waals surface area contributed by atoms with Crippen LogP contribution in [0.3, 0.4) is 0 Å². The Morgan fingerprint density at radius 1 is 1.39 bits per heavy atom. The van der Waals surface area contributed by atoms with Gasteiger partial charge in [-0.3, -0.25) is 4.79 Å². The van der Waals surface area contributed by atoms with Gasteiger partial charge in [-0.05, 0) is 55.3 Å². The lowest BCUT2D eigenvalue weighted by molar-refractivity contribution is -0.117. The zero-order valence-electron chi connectivity index (χ0n) is 12.8. The van der Waals surface area contributed by atoms with Gasteiger partial charge in [0.1, 0.15) is 5.52 Å². The van der Waals surface area contributed by atoms with E-state index in [-0.39, 0.29) is 17.2 Å². The average molecular weight is 334 g/mol. The smallest absolute Gasteiger partial charge is 0.243 e. The average Bonchev–Trinajstić information content (AvgIpc) is 3.02. The molecule has 0 saturated heterocycles. The third kappa shape index (κ3) is 3.82. The Balaban J connectivity index is 1.54. The zero-order chi connectivity index (χ0) is 16.2. The Morgan fingerprint density at radius 2 is 2.17 bits per heavy atom. The summed E-state index contributed by atoms with van der Waals surface area (Å²) in [6, 6.07) is 2.14. The second kappa shape index (κ2) is 7.00. The van der Waals surface area contributed by atoms with Gasteiger partial charge in [0.05, 0.1) is 5.52 Å². The summed E-state index contributed by atoms with van der Waals surface area (Å²) in [5, 5.41) is 6.60. The van der Waals surface area contributed by atoms with E-state index in [0.717, 1.165) is 49.1 Å². The van der Waals surface area contributed by atoms with E-state index < -0.39 is 0 Å². The number of amides is 1. The van der Waals surface area contributed by atoms with E-state index in [1.165, 1.54) is 6.08 Å². The molecule has 1 fully saturated rings. The Hall–Kier alpha value is -2.08. The Kier molecular flexibility index (Phi) is 4.81. The van der Waals surface area contributed by atoms with Gasteiger partial charge < -0.3 is 15.6 Å². The molecule has 3 N–H and O–H groups in total. The van der Waals surface area contributed by atoms with Crippen LogP contribution in [0.4, 0.5) is 5.82 Å². The van der Waals surface area contributed by atoms with Gasteiger partial charge in [0.2, 0.25) is 11.2 Å². The lowest BCUT2D eigenvalue weighted by Gasteiger charge is -2.29. The predicted molar refractivity (Wildman–Crippen MR) is 91.5 cm³/mol. The Morgan fingerprint density at radius 3 is 2.91 bits per heavy atom. The summed E-state index contributed by atoms with van der Waals surface area (Å²) in [4.78, 5) is 22.9. The highest BCUT2D eigenvalue weighted by molar-refractivity contribution is 6.28. The monoisotopic (exact) mass is 333 g/mol. The summed E-state index contributed by atoms with van der Waals surface area (Å²) >= 11 is 5.96. The van der Waals surface area contributed by atoms with Crippen molar-refractivity contribution in [1.29, 1.82) is 0 Å². The first-order valence-corrected chi connectivity index (χ1v) is 8.21. The summed E-state index contributed by atoms with van der Waals surface area (Å²) in [6.07, 6.45) is 7.29. The number of hydrogen-bond acceptors (Lipinski definition) is 4. The summed E-state index contributed by atoms with van der Waals surface area (Å²) in [5.74, 6) is 1.22. The maximum Gasteiger partial charge on any atom is 0.243 e. The summed E-state index contributed by atoms with van der Waals surface area (Å²) in [7, 11) is 0. The van der Waals surface area contributed by atoms with Crippen LogP contribution >= 0.6 is 11.6 Å². The highest BCUT2D eigenvalue weighted by Gasteiger charge is 2.22. The first-order chi connectivity index (χ1) is 11.2. The summed E-state index contributed by atoms with van der Waals surface area (Å²) < 4.78 is 0. The third-order valence-corrected chi connectivity index (χ3v) is 4.48. The first-order valence-electron chi connectivity index (χ1n) is 7.83. The van der Waals surface area contributed by atoms with Gasteiger partial charge in [0.25, 0.3) is 0 Å². The second-order valence-electron chi connectivity index (χ2n) is 5.89. The van der Waals surface area contributed by atoms with Crippen LogP contribution in [0.2, 0.25) is 5.28 Å². The topological polar surface area (TPSA) is 82.7 Å². The highest BCUT2D eigenvalue weighted by atomic mass is 35.5. The molecule has 6 nitrogen and oxygen atoms in total. The zero-order valence-corrected chi connectivity index (χ0v) is 13.6. The molecule has 0 aliphatic heterocycles. The Bertz CT molecular complexity index is 706. The van der Waals surface area contributed by atoms with Crippen LogP contribution in [0.15, 0.2) is 24.9 Å². The molecular weight excluding hydrogens is 314 g/mol. The van der Waals surface area contributed by atoms with Crippen molar-refractivity contribution in [2.45, 2.75) is 31.7 Å². The maximum absolute atomic E-state index is 11.3. The molecule has 2 aromatic rings. The van der Waals surface area contributed by atoms with Gasteiger partial charge in [-0.25, -0.2) is 4.98 Å². The molecule has 23 heavy (non-hydrogen) atoms. The van der Waals surface area contributed by atoms with Crippen molar-refractivity contribution in [2.75, 3.05) is 11.9 Å². The molecule has 122 valence electrons. The molecule has 1 saturated carbocycles. The number of aromatic amines is 1. The van der Waals surface area contributed by atoms with E-state index in [1.54, 1.807) is 0 Å². The lowest BCUT2D eigenvalue weighted by Crippen LogP contribution is -2.37. The van der Waals surface area contributed by atoms with Crippen LogP contribution in [-0.4, -0.2) is 33.4 Å². The predicted octanol–water partition coefficient (Wildman–Crippen LogP) is 2.88. The maximum atomic E-state index is 11.3. The normalized spacial score (nSPS) is 21.1. The van der Waals surface area contributed by atoms with Gasteiger partial charge in [0.15, 0.2) is 5.82 Å². The number of rotatable bonds is 5. The number of carbonyl (C=O) groups excluding carboxylic acids is 1. The number of halogens is 1. The lowest BCUT2D eigenvalue weighted by atomic mass is 9.86. The van der Waals surface area contributed by atoms with E-state index >= 15 is 0 Å². The van der Waals surface area contributed by atoms with Crippen LogP contribution in [0.5, 0.6) is 0 Å². The van der Waals surface area contributed by atoms with Crippen molar-refractivity contribution in [3.63, 3.8) is 0 Å². The fourth-order valence-corrected chi connectivity index (χ4v) is 3.23. The number of nitrogens with zero attached hydrogens (tertiary/aromatic N) is 2. The molecule has 0 spiro atoms. The number of aromatic nitrogens is 3. The highest BCUT2D eigenvalue weighted by Crippen LogP contribution is 2.26. The van der Waals surface area contributed by atoms with Crippen molar-refractivity contribution >= 4 is 34.4 Å². The van der Waals surface area contributed by atoms with Gasteiger partial charge in [-0.15, -0.1) is 0 Å². The van der Waals surface area contributed by atoms with Crippen molar-refractivity contribution in [1.82, 2.24) is 20.3 Å². The summed E-state index contributed by atoms with van der Waals surface area (Å²) in [6.45, 7) is 4.32. The number of nitrogens with one attached hydrogen (secondary N) is 3. The number of H-pyrrole nitrogens is 1. The van der Waals surface area contributed by atoms with Crippen molar-refractivity contribution in [3.05, 3.63) is 30.2 Å². The molecular formula is C16H20ClN5O. The first kappa shape index (κ1) is 15.8. The molecule has 1 amide bonds. The van der Waals surface area contributed by atoms with Crippen molar-refractivity contribution < 1.29 is 4.79 Å². The van der Waals surface area contributed by atoms with Crippen LogP contribution in [0.1, 0.15) is 25.7 Å². The van der Waals surface area contributed by atoms with Crippen molar-refractivity contribution in [2.24, 2.45) is 5.92 Å². The van der Waals surface area contributed by atoms with Crippen LogP contribution < -0.4 is 10.6 Å².